The van der Waals surface area contributed by atoms with Gasteiger partial charge in [-0.3, -0.25) is 0 Å². The van der Waals surface area contributed by atoms with E-state index in [9.17, 15) is 0 Å². The number of para-hydroxylation sites is 4. The SMILES string of the molecule is c1cc(-c2cccc3ccccc23)cc(N(c2ccccc2-c2ccc3sc4ccccc4c3c2)c2ccc(-c3ccc(-n4c5ccccc5c5ccccc54)cc3)c3oc4ccccc4c23)c1. The summed E-state index contributed by atoms with van der Waals surface area (Å²) in [5.41, 5.74) is 15.2. The first-order valence-corrected chi connectivity index (χ1v) is 24.0. The van der Waals surface area contributed by atoms with Gasteiger partial charge in [0.05, 0.1) is 27.8 Å². The Morgan fingerprint density at radius 2 is 0.985 bits per heavy atom. The maximum atomic E-state index is 7.02. The van der Waals surface area contributed by atoms with Gasteiger partial charge in [-0.05, 0) is 112 Å². The largest absolute Gasteiger partial charge is 0.455 e. The van der Waals surface area contributed by atoms with Crippen molar-refractivity contribution in [2.75, 3.05) is 4.90 Å². The standard InChI is InChI=1S/C64H40N2OS/c1-2-19-47-41(15-1)16-14-25-48(47)43-17-13-18-46(39-43)66(56-26-8-3-20-49(56)44-33-38-62-55(40-44)53-23-7-12-30-61(53)68-62)59-37-36-50(64-63(59)54-24-6-11-29-60(54)67-64)42-31-34-45(35-32-42)65-57-27-9-4-21-51(57)52-22-5-10-28-58(52)65/h1-40H. The van der Waals surface area contributed by atoms with E-state index in [2.05, 4.69) is 252 Å². The summed E-state index contributed by atoms with van der Waals surface area (Å²) in [6.07, 6.45) is 0. The van der Waals surface area contributed by atoms with E-state index in [1.165, 1.54) is 63.9 Å². The molecule has 3 nitrogen and oxygen atoms in total. The zero-order chi connectivity index (χ0) is 44.7. The van der Waals surface area contributed by atoms with Gasteiger partial charge in [0.2, 0.25) is 0 Å². The number of benzene rings is 11. The quantitative estimate of drug-likeness (QED) is 0.159. The van der Waals surface area contributed by atoms with E-state index < -0.39 is 0 Å². The number of furan rings is 1. The van der Waals surface area contributed by atoms with E-state index >= 15 is 0 Å². The monoisotopic (exact) mass is 884 g/mol. The van der Waals surface area contributed by atoms with Crippen LogP contribution in [0, 0.1) is 0 Å². The van der Waals surface area contributed by atoms with Crippen molar-refractivity contribution in [2.45, 2.75) is 0 Å². The maximum absolute atomic E-state index is 7.02. The molecule has 14 aromatic rings. The molecular formula is C64H40N2OS. The fourth-order valence-electron chi connectivity index (χ4n) is 10.7. The van der Waals surface area contributed by atoms with Crippen LogP contribution in [-0.2, 0) is 0 Å². The number of anilines is 3. The van der Waals surface area contributed by atoms with Crippen LogP contribution in [0.4, 0.5) is 17.1 Å². The Labute approximate surface area is 396 Å². The number of fused-ring (bicyclic) bond motifs is 10. The lowest BCUT2D eigenvalue weighted by Gasteiger charge is -2.29. The molecule has 0 unspecified atom stereocenters. The summed E-state index contributed by atoms with van der Waals surface area (Å²) in [4.78, 5) is 2.46. The lowest BCUT2D eigenvalue weighted by molar-refractivity contribution is 0.670. The van der Waals surface area contributed by atoms with E-state index in [1.54, 1.807) is 0 Å². The molecule has 0 aliphatic rings. The topological polar surface area (TPSA) is 21.3 Å². The van der Waals surface area contributed by atoms with Gasteiger partial charge in [0, 0.05) is 58.8 Å². The molecule has 4 heteroatoms. The van der Waals surface area contributed by atoms with Crippen molar-refractivity contribution in [1.82, 2.24) is 4.57 Å². The highest BCUT2D eigenvalue weighted by Gasteiger charge is 2.25. The first kappa shape index (κ1) is 38.6. The van der Waals surface area contributed by atoms with Crippen LogP contribution in [-0.4, -0.2) is 4.57 Å². The zero-order valence-electron chi connectivity index (χ0n) is 36.8. The van der Waals surface area contributed by atoms with Gasteiger partial charge >= 0.3 is 0 Å². The number of hydrogen-bond acceptors (Lipinski definition) is 3. The van der Waals surface area contributed by atoms with Crippen LogP contribution in [0.3, 0.4) is 0 Å². The number of nitrogens with zero attached hydrogens (tertiary/aromatic N) is 2. The Hall–Kier alpha value is -8.70. The smallest absolute Gasteiger partial charge is 0.145 e. The fraction of sp³-hybridized carbons (Fsp3) is 0. The average Bonchev–Trinajstić information content (AvgIpc) is 4.09. The zero-order valence-corrected chi connectivity index (χ0v) is 37.6. The molecule has 0 N–H and O–H groups in total. The predicted octanol–water partition coefficient (Wildman–Crippen LogP) is 18.7. The summed E-state index contributed by atoms with van der Waals surface area (Å²) in [7, 11) is 0. The number of thiophene rings is 1. The number of rotatable bonds is 7. The summed E-state index contributed by atoms with van der Waals surface area (Å²) in [5.74, 6) is 0. The van der Waals surface area contributed by atoms with E-state index in [1.807, 2.05) is 11.3 Å². The molecule has 0 fully saturated rings. The first-order chi connectivity index (χ1) is 33.7. The Morgan fingerprint density at radius 3 is 1.82 bits per heavy atom. The van der Waals surface area contributed by atoms with Crippen molar-refractivity contribution in [1.29, 1.82) is 0 Å². The first-order valence-electron chi connectivity index (χ1n) is 23.2. The highest BCUT2D eigenvalue weighted by molar-refractivity contribution is 7.25. The fourth-order valence-corrected chi connectivity index (χ4v) is 11.8. The number of hydrogen-bond donors (Lipinski definition) is 0. The maximum Gasteiger partial charge on any atom is 0.145 e. The van der Waals surface area contributed by atoms with Crippen LogP contribution in [0.1, 0.15) is 0 Å². The van der Waals surface area contributed by atoms with E-state index in [4.69, 9.17) is 4.42 Å². The molecule has 0 radical (unpaired) electrons. The summed E-state index contributed by atoms with van der Waals surface area (Å²) < 4.78 is 12.0. The van der Waals surface area contributed by atoms with Gasteiger partial charge in [0.25, 0.3) is 0 Å². The summed E-state index contributed by atoms with van der Waals surface area (Å²) in [6, 6.07) is 88.2. The van der Waals surface area contributed by atoms with Crippen LogP contribution in [0.25, 0.3) is 114 Å². The van der Waals surface area contributed by atoms with Crippen molar-refractivity contribution < 1.29 is 4.42 Å². The van der Waals surface area contributed by atoms with Gasteiger partial charge in [0.1, 0.15) is 11.2 Å². The van der Waals surface area contributed by atoms with Gasteiger partial charge in [-0.25, -0.2) is 0 Å². The lowest BCUT2D eigenvalue weighted by atomic mass is 9.96. The Bertz CT molecular complexity index is 4230. The van der Waals surface area contributed by atoms with E-state index in [0.717, 1.165) is 66.9 Å². The molecular weight excluding hydrogens is 845 g/mol. The van der Waals surface area contributed by atoms with Crippen molar-refractivity contribution in [2.24, 2.45) is 0 Å². The second kappa shape index (κ2) is 15.5. The predicted molar refractivity (Wildman–Crippen MR) is 289 cm³/mol. The molecule has 0 bridgehead atoms. The molecule has 0 aliphatic carbocycles. The van der Waals surface area contributed by atoms with Crippen molar-refractivity contribution >= 4 is 103 Å². The Kier molecular flexibility index (Phi) is 8.76. The highest BCUT2D eigenvalue weighted by atomic mass is 32.1. The number of aromatic nitrogens is 1. The second-order valence-corrected chi connectivity index (χ2v) is 18.7. The van der Waals surface area contributed by atoms with Gasteiger partial charge in [-0.1, -0.05) is 164 Å². The van der Waals surface area contributed by atoms with Crippen LogP contribution in [0.5, 0.6) is 0 Å². The van der Waals surface area contributed by atoms with Crippen LogP contribution in [0.2, 0.25) is 0 Å². The Morgan fingerprint density at radius 1 is 0.368 bits per heavy atom. The van der Waals surface area contributed by atoms with E-state index in [0.29, 0.717) is 0 Å². The highest BCUT2D eigenvalue weighted by Crippen LogP contribution is 2.49. The molecule has 0 amide bonds. The third-order valence-electron chi connectivity index (χ3n) is 13.8. The molecule has 68 heavy (non-hydrogen) atoms. The minimum atomic E-state index is 0.852. The molecule has 11 aromatic carbocycles. The summed E-state index contributed by atoms with van der Waals surface area (Å²) in [5, 5.41) is 9.65. The molecule has 3 aromatic heterocycles. The van der Waals surface area contributed by atoms with Gasteiger partial charge in [-0.15, -0.1) is 11.3 Å². The molecule has 0 saturated carbocycles. The van der Waals surface area contributed by atoms with E-state index in [-0.39, 0.29) is 0 Å². The molecule has 0 spiro atoms. The molecule has 0 saturated heterocycles. The van der Waals surface area contributed by atoms with Crippen molar-refractivity contribution in [3.63, 3.8) is 0 Å². The third kappa shape index (κ3) is 6.05. The molecule has 0 atom stereocenters. The van der Waals surface area contributed by atoms with Crippen molar-refractivity contribution in [3.05, 3.63) is 243 Å². The third-order valence-corrected chi connectivity index (χ3v) is 15.0. The molecule has 3 heterocycles. The van der Waals surface area contributed by atoms with Crippen molar-refractivity contribution in [3.8, 4) is 39.1 Å². The van der Waals surface area contributed by atoms with Gasteiger partial charge < -0.3 is 13.9 Å². The van der Waals surface area contributed by atoms with Gasteiger partial charge in [-0.2, -0.15) is 0 Å². The van der Waals surface area contributed by atoms with Crippen LogP contribution >= 0.6 is 11.3 Å². The minimum absolute atomic E-state index is 0.852. The van der Waals surface area contributed by atoms with Crippen LogP contribution in [0.15, 0.2) is 247 Å². The second-order valence-electron chi connectivity index (χ2n) is 17.6. The Balaban J connectivity index is 0.987. The normalized spacial score (nSPS) is 11.8. The van der Waals surface area contributed by atoms with Gasteiger partial charge in [0.15, 0.2) is 0 Å². The summed E-state index contributed by atoms with van der Waals surface area (Å²) in [6.45, 7) is 0. The molecule has 318 valence electrons. The average molecular weight is 885 g/mol. The minimum Gasteiger partial charge on any atom is -0.455 e. The molecule has 0 aliphatic heterocycles. The lowest BCUT2D eigenvalue weighted by Crippen LogP contribution is -2.12. The summed E-state index contributed by atoms with van der Waals surface area (Å²) >= 11 is 1.85. The van der Waals surface area contributed by atoms with Crippen LogP contribution < -0.4 is 4.90 Å². The molecule has 14 rings (SSSR count).